The van der Waals surface area contributed by atoms with Gasteiger partial charge in [-0.1, -0.05) is 6.07 Å². The second kappa shape index (κ2) is 4.74. The Labute approximate surface area is 93.1 Å². The van der Waals surface area contributed by atoms with Gasteiger partial charge in [0.2, 0.25) is 0 Å². The first-order chi connectivity index (χ1) is 7.36. The molecule has 0 heterocycles. The quantitative estimate of drug-likeness (QED) is 0.861. The fourth-order valence-corrected chi connectivity index (χ4v) is 1.50. The van der Waals surface area contributed by atoms with Gasteiger partial charge >= 0.3 is 6.18 Å². The Morgan fingerprint density at radius 3 is 2.31 bits per heavy atom. The van der Waals surface area contributed by atoms with E-state index in [0.29, 0.717) is 12.2 Å². The molecule has 0 aliphatic carbocycles. The zero-order valence-corrected chi connectivity index (χ0v) is 9.52. The highest BCUT2D eigenvalue weighted by molar-refractivity contribution is 5.55. The van der Waals surface area contributed by atoms with E-state index in [1.807, 2.05) is 0 Å². The minimum absolute atomic E-state index is 0.547. The molecule has 2 nitrogen and oxygen atoms in total. The third kappa shape index (κ3) is 2.88. The zero-order chi connectivity index (χ0) is 12.3. The lowest BCUT2D eigenvalue weighted by Crippen LogP contribution is -2.16. The lowest BCUT2D eigenvalue weighted by Gasteiger charge is -2.19. The van der Waals surface area contributed by atoms with E-state index in [4.69, 9.17) is 0 Å². The summed E-state index contributed by atoms with van der Waals surface area (Å²) in [5.41, 5.74) is 0.820. The molecule has 5 heteroatoms. The third-order valence-corrected chi connectivity index (χ3v) is 2.26. The maximum absolute atomic E-state index is 12.5. The van der Waals surface area contributed by atoms with E-state index in [9.17, 15) is 13.2 Å². The summed E-state index contributed by atoms with van der Waals surface area (Å²) in [5.74, 6) is 0. The monoisotopic (exact) mass is 232 g/mol. The van der Waals surface area contributed by atoms with Gasteiger partial charge in [-0.15, -0.1) is 0 Å². The molecule has 0 spiro atoms. The van der Waals surface area contributed by atoms with Gasteiger partial charge in [0.1, 0.15) is 0 Å². The van der Waals surface area contributed by atoms with Gasteiger partial charge in [0.05, 0.1) is 5.56 Å². The number of anilines is 1. The molecule has 1 N–H and O–H groups in total. The fourth-order valence-electron chi connectivity index (χ4n) is 1.50. The second-order valence-corrected chi connectivity index (χ2v) is 3.77. The van der Waals surface area contributed by atoms with Gasteiger partial charge in [0, 0.05) is 26.3 Å². The topological polar surface area (TPSA) is 15.3 Å². The van der Waals surface area contributed by atoms with Gasteiger partial charge < -0.3 is 10.2 Å². The molecule has 16 heavy (non-hydrogen) atoms. The van der Waals surface area contributed by atoms with Crippen molar-refractivity contribution in [3.8, 4) is 0 Å². The van der Waals surface area contributed by atoms with Gasteiger partial charge in [-0.05, 0) is 24.7 Å². The molecule has 0 aliphatic heterocycles. The van der Waals surface area contributed by atoms with Crippen molar-refractivity contribution in [2.75, 3.05) is 26.0 Å². The van der Waals surface area contributed by atoms with Crippen LogP contribution in [0.1, 0.15) is 11.1 Å². The van der Waals surface area contributed by atoms with Gasteiger partial charge in [-0.3, -0.25) is 0 Å². The highest BCUT2D eigenvalue weighted by Gasteiger charge is 2.31. The van der Waals surface area contributed by atoms with E-state index in [-0.39, 0.29) is 0 Å². The summed E-state index contributed by atoms with van der Waals surface area (Å²) in [5, 5.41) is 2.93. The Morgan fingerprint density at radius 2 is 1.88 bits per heavy atom. The van der Waals surface area contributed by atoms with Crippen molar-refractivity contribution in [2.24, 2.45) is 0 Å². The van der Waals surface area contributed by atoms with Gasteiger partial charge in [-0.25, -0.2) is 0 Å². The molecular weight excluding hydrogens is 217 g/mol. The van der Waals surface area contributed by atoms with Crippen molar-refractivity contribution in [1.29, 1.82) is 0 Å². The van der Waals surface area contributed by atoms with Gasteiger partial charge in [0.25, 0.3) is 0 Å². The molecule has 0 fully saturated rings. The molecule has 0 saturated heterocycles. The van der Waals surface area contributed by atoms with Crippen molar-refractivity contribution in [3.05, 3.63) is 29.3 Å². The van der Waals surface area contributed by atoms with Crippen LogP contribution in [0.15, 0.2) is 18.2 Å². The van der Waals surface area contributed by atoms with Crippen LogP contribution in [-0.2, 0) is 12.7 Å². The zero-order valence-electron chi connectivity index (χ0n) is 9.52. The third-order valence-electron chi connectivity index (χ3n) is 2.26. The number of halogens is 3. The smallest absolute Gasteiger partial charge is 0.377 e. The van der Waals surface area contributed by atoms with Crippen LogP contribution in [-0.4, -0.2) is 21.1 Å². The van der Waals surface area contributed by atoms with Crippen molar-refractivity contribution < 1.29 is 13.2 Å². The molecule has 1 aromatic carbocycles. The van der Waals surface area contributed by atoms with Crippen LogP contribution in [0.3, 0.4) is 0 Å². The molecule has 90 valence electrons. The second-order valence-electron chi connectivity index (χ2n) is 3.77. The van der Waals surface area contributed by atoms with Crippen molar-refractivity contribution in [3.63, 3.8) is 0 Å². The molecule has 0 amide bonds. The predicted octanol–water partition coefficient (Wildman–Crippen LogP) is 2.49. The number of nitrogens with zero attached hydrogens (tertiary/aromatic N) is 1. The maximum atomic E-state index is 12.5. The molecule has 0 bridgehead atoms. The minimum atomic E-state index is -4.29. The Bertz CT molecular complexity index is 359. The molecule has 0 saturated carbocycles. The van der Waals surface area contributed by atoms with E-state index < -0.39 is 11.7 Å². The summed E-state index contributed by atoms with van der Waals surface area (Å²) in [4.78, 5) is 1.68. The lowest BCUT2D eigenvalue weighted by atomic mass is 10.1. The summed E-state index contributed by atoms with van der Waals surface area (Å²) < 4.78 is 37.5. The van der Waals surface area contributed by atoms with Crippen LogP contribution in [0, 0.1) is 0 Å². The SMILES string of the molecule is CNCc1ccc(C(F)(F)F)cc1N(C)C. The minimum Gasteiger partial charge on any atom is -0.377 e. The Morgan fingerprint density at radius 1 is 1.25 bits per heavy atom. The van der Waals surface area contributed by atoms with Crippen molar-refractivity contribution in [1.82, 2.24) is 5.32 Å². The Balaban J connectivity index is 3.17. The van der Waals surface area contributed by atoms with Crippen LogP contribution >= 0.6 is 0 Å². The number of hydrogen-bond acceptors (Lipinski definition) is 2. The molecule has 0 radical (unpaired) electrons. The molecule has 0 unspecified atom stereocenters. The van der Waals surface area contributed by atoms with Crippen LogP contribution in [0.25, 0.3) is 0 Å². The molecule has 0 atom stereocenters. The fraction of sp³-hybridized carbons (Fsp3) is 0.455. The van der Waals surface area contributed by atoms with Crippen LogP contribution in [0.5, 0.6) is 0 Å². The summed E-state index contributed by atoms with van der Waals surface area (Å²) in [6, 6.07) is 3.79. The number of rotatable bonds is 3. The normalized spacial score (nSPS) is 11.6. The summed E-state index contributed by atoms with van der Waals surface area (Å²) in [6.07, 6.45) is -4.29. The van der Waals surface area contributed by atoms with Crippen LogP contribution < -0.4 is 10.2 Å². The van der Waals surface area contributed by atoms with E-state index in [2.05, 4.69) is 5.32 Å². The number of hydrogen-bond donors (Lipinski definition) is 1. The van der Waals surface area contributed by atoms with E-state index in [0.717, 1.165) is 11.6 Å². The van der Waals surface area contributed by atoms with Gasteiger partial charge in [-0.2, -0.15) is 13.2 Å². The van der Waals surface area contributed by atoms with E-state index >= 15 is 0 Å². The predicted molar refractivity (Wildman–Crippen MR) is 58.5 cm³/mol. The summed E-state index contributed by atoms with van der Waals surface area (Å²) in [6.45, 7) is 0.547. The first kappa shape index (κ1) is 12.8. The molecule has 1 aromatic rings. The number of nitrogens with one attached hydrogen (secondary N) is 1. The Kier molecular flexibility index (Phi) is 3.80. The maximum Gasteiger partial charge on any atom is 0.416 e. The summed E-state index contributed by atoms with van der Waals surface area (Å²) in [7, 11) is 5.22. The standard InChI is InChI=1S/C11H15F3N2/c1-15-7-8-4-5-9(11(12,13)14)6-10(8)16(2)3/h4-6,15H,7H2,1-3H3. The molecule has 0 aliphatic rings. The molecule has 1 rings (SSSR count). The van der Waals surface area contributed by atoms with Crippen LogP contribution in [0.4, 0.5) is 18.9 Å². The van der Waals surface area contributed by atoms with E-state index in [1.165, 1.54) is 12.1 Å². The summed E-state index contributed by atoms with van der Waals surface area (Å²) >= 11 is 0. The lowest BCUT2D eigenvalue weighted by molar-refractivity contribution is -0.137. The largest absolute Gasteiger partial charge is 0.416 e. The van der Waals surface area contributed by atoms with E-state index in [1.54, 1.807) is 26.0 Å². The molecule has 0 aromatic heterocycles. The first-order valence-corrected chi connectivity index (χ1v) is 4.88. The molecular formula is C11H15F3N2. The van der Waals surface area contributed by atoms with Gasteiger partial charge in [0.15, 0.2) is 0 Å². The number of alkyl halides is 3. The Hall–Kier alpha value is -1.23. The van der Waals surface area contributed by atoms with Crippen molar-refractivity contribution in [2.45, 2.75) is 12.7 Å². The van der Waals surface area contributed by atoms with Crippen LogP contribution in [0.2, 0.25) is 0 Å². The first-order valence-electron chi connectivity index (χ1n) is 4.88. The highest BCUT2D eigenvalue weighted by atomic mass is 19.4. The number of benzene rings is 1. The highest BCUT2D eigenvalue weighted by Crippen LogP contribution is 2.32. The average Bonchev–Trinajstić information content (AvgIpc) is 2.16. The average molecular weight is 232 g/mol. The van der Waals surface area contributed by atoms with Crippen molar-refractivity contribution >= 4 is 5.69 Å².